The van der Waals surface area contributed by atoms with Crippen molar-refractivity contribution in [1.82, 2.24) is 4.90 Å². The molecule has 0 radical (unpaired) electrons. The molecule has 5 heteroatoms. The maximum Gasteiger partial charge on any atom is 0.233 e. The molecule has 1 aromatic rings. The molecule has 0 spiro atoms. The summed E-state index contributed by atoms with van der Waals surface area (Å²) in [5, 5.41) is 0. The van der Waals surface area contributed by atoms with E-state index in [9.17, 15) is 4.79 Å². The molecule has 0 bridgehead atoms. The van der Waals surface area contributed by atoms with E-state index >= 15 is 0 Å². The van der Waals surface area contributed by atoms with E-state index in [0.717, 1.165) is 49.7 Å². The number of carbonyl (C=O) groups excluding carboxylic acids is 1. The molecule has 3 nitrogen and oxygen atoms in total. The van der Waals surface area contributed by atoms with Crippen molar-refractivity contribution in [3.8, 4) is 0 Å². The normalized spacial score (nSPS) is 23.4. The fourth-order valence-electron chi connectivity index (χ4n) is 3.90. The zero-order chi connectivity index (χ0) is 14.9. The largest absolute Gasteiger partial charge is 0.342 e. The molecule has 1 saturated carbocycles. The number of nitrogens with zero attached hydrogens (tertiary/aromatic N) is 1. The van der Waals surface area contributed by atoms with Gasteiger partial charge in [-0.05, 0) is 49.4 Å². The monoisotopic (exact) mass is 386 g/mol. The number of likely N-dealkylation sites (tertiary alicyclic amines) is 1. The van der Waals surface area contributed by atoms with Gasteiger partial charge < -0.3 is 10.6 Å². The lowest BCUT2D eigenvalue weighted by Crippen LogP contribution is -2.44. The molecule has 0 aromatic heterocycles. The fourth-order valence-corrected chi connectivity index (χ4v) is 4.30. The number of halogens is 2. The van der Waals surface area contributed by atoms with Crippen molar-refractivity contribution >= 4 is 34.2 Å². The number of rotatable bonds is 3. The standard InChI is InChI=1S/C17H23BrN2O.ClH/c18-15-5-3-4-14(10-15)17(7-1-2-8-17)16(21)20-9-6-13(11-19)12-20;/h3-5,10,13H,1-2,6-9,11-12,19H2;1H. The maximum atomic E-state index is 13.2. The van der Waals surface area contributed by atoms with Gasteiger partial charge in [-0.1, -0.05) is 40.9 Å². The fraction of sp³-hybridized carbons (Fsp3) is 0.588. The van der Waals surface area contributed by atoms with Gasteiger partial charge >= 0.3 is 0 Å². The lowest BCUT2D eigenvalue weighted by Gasteiger charge is -2.33. The van der Waals surface area contributed by atoms with Gasteiger partial charge in [-0.2, -0.15) is 0 Å². The van der Waals surface area contributed by atoms with Crippen LogP contribution in [0, 0.1) is 5.92 Å². The van der Waals surface area contributed by atoms with Gasteiger partial charge in [-0.3, -0.25) is 4.79 Å². The summed E-state index contributed by atoms with van der Waals surface area (Å²) in [6, 6.07) is 8.31. The van der Waals surface area contributed by atoms with Crippen molar-refractivity contribution in [2.75, 3.05) is 19.6 Å². The average Bonchev–Trinajstić information content (AvgIpc) is 3.16. The Hall–Kier alpha value is -0.580. The summed E-state index contributed by atoms with van der Waals surface area (Å²) in [6.07, 6.45) is 5.30. The molecule has 1 aliphatic heterocycles. The molecule has 2 N–H and O–H groups in total. The molecule has 1 atom stereocenters. The van der Waals surface area contributed by atoms with Gasteiger partial charge in [0.05, 0.1) is 5.41 Å². The smallest absolute Gasteiger partial charge is 0.233 e. The Bertz CT molecular complexity index is 531. The van der Waals surface area contributed by atoms with Crippen LogP contribution in [0.2, 0.25) is 0 Å². The van der Waals surface area contributed by atoms with Crippen molar-refractivity contribution in [1.29, 1.82) is 0 Å². The van der Waals surface area contributed by atoms with Crippen LogP contribution in [0.5, 0.6) is 0 Å². The first-order valence-electron chi connectivity index (χ1n) is 7.91. The number of amides is 1. The highest BCUT2D eigenvalue weighted by Crippen LogP contribution is 2.44. The topological polar surface area (TPSA) is 46.3 Å². The van der Waals surface area contributed by atoms with Gasteiger partial charge in [-0.25, -0.2) is 0 Å². The Labute approximate surface area is 147 Å². The SMILES string of the molecule is Cl.NCC1CCN(C(=O)C2(c3cccc(Br)c3)CCCC2)C1. The Morgan fingerprint density at radius 2 is 2.09 bits per heavy atom. The van der Waals surface area contributed by atoms with E-state index in [1.807, 2.05) is 12.1 Å². The van der Waals surface area contributed by atoms with E-state index in [4.69, 9.17) is 5.73 Å². The number of nitrogens with two attached hydrogens (primary N) is 1. The van der Waals surface area contributed by atoms with Crippen molar-refractivity contribution < 1.29 is 4.79 Å². The van der Waals surface area contributed by atoms with Crippen molar-refractivity contribution in [3.05, 3.63) is 34.3 Å². The van der Waals surface area contributed by atoms with Gasteiger partial charge in [0.1, 0.15) is 0 Å². The van der Waals surface area contributed by atoms with Gasteiger partial charge in [0.25, 0.3) is 0 Å². The van der Waals surface area contributed by atoms with Crippen LogP contribution in [0.4, 0.5) is 0 Å². The molecule has 1 amide bonds. The number of hydrogen-bond acceptors (Lipinski definition) is 2. The van der Waals surface area contributed by atoms with Crippen LogP contribution in [-0.4, -0.2) is 30.4 Å². The molecule has 3 rings (SSSR count). The third kappa shape index (κ3) is 3.19. The minimum atomic E-state index is -0.298. The molecule has 1 aliphatic carbocycles. The second kappa shape index (κ2) is 7.33. The third-order valence-corrected chi connectivity index (χ3v) is 5.64. The highest BCUT2D eigenvalue weighted by Gasteiger charge is 2.46. The van der Waals surface area contributed by atoms with Gasteiger partial charge in [0, 0.05) is 17.6 Å². The van der Waals surface area contributed by atoms with Crippen LogP contribution in [0.15, 0.2) is 28.7 Å². The first kappa shape index (κ1) is 17.8. The predicted octanol–water partition coefficient (Wildman–Crippen LogP) is 3.49. The number of benzene rings is 1. The zero-order valence-corrected chi connectivity index (χ0v) is 15.2. The van der Waals surface area contributed by atoms with Gasteiger partial charge in [0.2, 0.25) is 5.91 Å². The summed E-state index contributed by atoms with van der Waals surface area (Å²) in [7, 11) is 0. The van der Waals surface area contributed by atoms with Gasteiger partial charge in [-0.15, -0.1) is 12.4 Å². The first-order chi connectivity index (χ1) is 10.2. The molecular weight excluding hydrogens is 364 g/mol. The van der Waals surface area contributed by atoms with Crippen LogP contribution >= 0.6 is 28.3 Å². The summed E-state index contributed by atoms with van der Waals surface area (Å²) in [4.78, 5) is 15.3. The van der Waals surface area contributed by atoms with E-state index in [-0.39, 0.29) is 17.8 Å². The lowest BCUT2D eigenvalue weighted by molar-refractivity contribution is -0.136. The molecule has 2 fully saturated rings. The molecule has 22 heavy (non-hydrogen) atoms. The van der Waals surface area contributed by atoms with Crippen LogP contribution in [0.25, 0.3) is 0 Å². The second-order valence-electron chi connectivity index (χ2n) is 6.44. The minimum Gasteiger partial charge on any atom is -0.342 e. The molecular formula is C17H24BrClN2O. The molecule has 1 unspecified atom stereocenters. The highest BCUT2D eigenvalue weighted by molar-refractivity contribution is 9.10. The summed E-state index contributed by atoms with van der Waals surface area (Å²) in [6.45, 7) is 2.40. The average molecular weight is 388 g/mol. The molecule has 1 aromatic carbocycles. The molecule has 1 heterocycles. The Kier molecular flexibility index (Phi) is 5.92. The van der Waals surface area contributed by atoms with Crippen molar-refractivity contribution in [2.45, 2.75) is 37.5 Å². The summed E-state index contributed by atoms with van der Waals surface area (Å²) in [5.41, 5.74) is 6.65. The van der Waals surface area contributed by atoms with Crippen LogP contribution in [0.1, 0.15) is 37.7 Å². The Balaban J connectivity index is 0.00000176. The Morgan fingerprint density at radius 1 is 1.36 bits per heavy atom. The van der Waals surface area contributed by atoms with E-state index in [0.29, 0.717) is 18.4 Å². The molecule has 122 valence electrons. The quantitative estimate of drug-likeness (QED) is 0.863. The molecule has 1 saturated heterocycles. The van der Waals surface area contributed by atoms with Crippen molar-refractivity contribution in [2.24, 2.45) is 11.7 Å². The van der Waals surface area contributed by atoms with E-state index in [1.54, 1.807) is 0 Å². The van der Waals surface area contributed by atoms with Crippen LogP contribution in [0.3, 0.4) is 0 Å². The Morgan fingerprint density at radius 3 is 2.68 bits per heavy atom. The third-order valence-electron chi connectivity index (χ3n) is 5.15. The lowest BCUT2D eigenvalue weighted by atomic mass is 9.77. The number of carbonyl (C=O) groups is 1. The minimum absolute atomic E-state index is 0. The maximum absolute atomic E-state index is 13.2. The van der Waals surface area contributed by atoms with Gasteiger partial charge in [0.15, 0.2) is 0 Å². The summed E-state index contributed by atoms with van der Waals surface area (Å²) in [5.74, 6) is 0.809. The second-order valence-corrected chi connectivity index (χ2v) is 7.36. The van der Waals surface area contributed by atoms with E-state index < -0.39 is 0 Å². The van der Waals surface area contributed by atoms with Crippen LogP contribution in [-0.2, 0) is 10.2 Å². The van der Waals surface area contributed by atoms with E-state index in [2.05, 4.69) is 33.0 Å². The molecule has 2 aliphatic rings. The number of hydrogen-bond donors (Lipinski definition) is 1. The van der Waals surface area contributed by atoms with E-state index in [1.165, 1.54) is 5.56 Å². The van der Waals surface area contributed by atoms with Crippen molar-refractivity contribution in [3.63, 3.8) is 0 Å². The summed E-state index contributed by atoms with van der Waals surface area (Å²) < 4.78 is 1.06. The zero-order valence-electron chi connectivity index (χ0n) is 12.8. The highest BCUT2D eigenvalue weighted by atomic mass is 79.9. The first-order valence-corrected chi connectivity index (χ1v) is 8.70. The predicted molar refractivity (Wildman–Crippen MR) is 95.3 cm³/mol. The van der Waals surface area contributed by atoms with Crippen LogP contribution < -0.4 is 5.73 Å². The summed E-state index contributed by atoms with van der Waals surface area (Å²) >= 11 is 3.55.